The number of nitrogens with one attached hydrogen (secondary N) is 1. The van der Waals surface area contributed by atoms with E-state index < -0.39 is 0 Å². The lowest BCUT2D eigenvalue weighted by Gasteiger charge is -1.96. The molecule has 0 unspecified atom stereocenters. The molecule has 0 amide bonds. The Morgan fingerprint density at radius 3 is 2.69 bits per heavy atom. The van der Waals surface area contributed by atoms with Crippen LogP contribution in [0.5, 0.6) is 0 Å². The van der Waals surface area contributed by atoms with E-state index in [9.17, 15) is 0 Å². The van der Waals surface area contributed by atoms with Gasteiger partial charge in [0.1, 0.15) is 11.8 Å². The van der Waals surface area contributed by atoms with Gasteiger partial charge in [0, 0.05) is 11.1 Å². The van der Waals surface area contributed by atoms with E-state index in [2.05, 4.69) is 4.98 Å². The summed E-state index contributed by atoms with van der Waals surface area (Å²) in [5.74, 6) is 0. The van der Waals surface area contributed by atoms with Crippen molar-refractivity contribution in [3.8, 4) is 6.07 Å². The van der Waals surface area contributed by atoms with Gasteiger partial charge >= 0.3 is 0 Å². The number of halogens is 1. The van der Waals surface area contributed by atoms with E-state index in [1.165, 1.54) is 6.20 Å². The highest BCUT2D eigenvalue weighted by Gasteiger charge is 1.96. The molecule has 0 aliphatic heterocycles. The number of amidine groups is 1. The maximum atomic E-state index is 8.42. The van der Waals surface area contributed by atoms with Gasteiger partial charge in [0.25, 0.3) is 0 Å². The Hall–Kier alpha value is -1.25. The van der Waals surface area contributed by atoms with E-state index in [4.69, 9.17) is 16.4 Å². The summed E-state index contributed by atoms with van der Waals surface area (Å²) >= 11 is 1.11. The van der Waals surface area contributed by atoms with Crippen LogP contribution >= 0.6 is 24.2 Å². The Kier molecular flexibility index (Phi) is 4.89. The van der Waals surface area contributed by atoms with Crippen LogP contribution in [-0.2, 0) is 0 Å². The molecule has 0 saturated carbocycles. The third-order valence-electron chi connectivity index (χ3n) is 1.08. The molecule has 0 fully saturated rings. The van der Waals surface area contributed by atoms with E-state index in [1.54, 1.807) is 12.1 Å². The van der Waals surface area contributed by atoms with Crippen molar-refractivity contribution in [3.63, 3.8) is 0 Å². The summed E-state index contributed by atoms with van der Waals surface area (Å²) < 4.78 is 0. The van der Waals surface area contributed by atoms with Crippen molar-refractivity contribution in [2.75, 3.05) is 0 Å². The molecule has 0 radical (unpaired) electrons. The molecule has 1 rings (SSSR count). The molecule has 1 heterocycles. The van der Waals surface area contributed by atoms with E-state index >= 15 is 0 Å². The van der Waals surface area contributed by atoms with Crippen molar-refractivity contribution in [2.45, 2.75) is 4.90 Å². The number of aromatic nitrogens is 1. The van der Waals surface area contributed by atoms with Crippen LogP contribution in [0.3, 0.4) is 0 Å². The van der Waals surface area contributed by atoms with Crippen LogP contribution in [-0.4, -0.2) is 10.2 Å². The van der Waals surface area contributed by atoms with E-state index in [-0.39, 0.29) is 17.6 Å². The largest absolute Gasteiger partial charge is 0.378 e. The van der Waals surface area contributed by atoms with Gasteiger partial charge in [0.15, 0.2) is 5.17 Å². The molecule has 0 spiro atoms. The number of nitrogens with two attached hydrogens (primary N) is 1. The zero-order valence-electron chi connectivity index (χ0n) is 6.52. The lowest BCUT2D eigenvalue weighted by molar-refractivity contribution is 1.20. The first-order valence-electron chi connectivity index (χ1n) is 3.10. The van der Waals surface area contributed by atoms with Gasteiger partial charge in [0.05, 0.1) is 0 Å². The van der Waals surface area contributed by atoms with E-state index in [1.807, 2.05) is 6.07 Å². The Balaban J connectivity index is 0.00000144. The second-order valence-corrected chi connectivity index (χ2v) is 3.07. The highest BCUT2D eigenvalue weighted by Crippen LogP contribution is 2.15. The molecule has 0 bridgehead atoms. The summed E-state index contributed by atoms with van der Waals surface area (Å²) in [5.41, 5.74) is 5.51. The highest BCUT2D eigenvalue weighted by molar-refractivity contribution is 8.13. The molecule has 1 aromatic rings. The Morgan fingerprint density at radius 1 is 1.62 bits per heavy atom. The van der Waals surface area contributed by atoms with Gasteiger partial charge < -0.3 is 5.73 Å². The third-order valence-corrected chi connectivity index (χ3v) is 1.78. The van der Waals surface area contributed by atoms with Gasteiger partial charge in [-0.25, -0.2) is 4.98 Å². The van der Waals surface area contributed by atoms with Crippen molar-refractivity contribution < 1.29 is 0 Å². The number of thioether (sulfide) groups is 1. The number of rotatable bonds is 1. The lowest BCUT2D eigenvalue weighted by atomic mass is 10.4. The minimum absolute atomic E-state index is 0. The van der Waals surface area contributed by atoms with Gasteiger partial charge in [-0.3, -0.25) is 5.41 Å². The molecule has 0 aliphatic carbocycles. The number of hydrogen-bond donors (Lipinski definition) is 2. The first kappa shape index (κ1) is 11.8. The zero-order chi connectivity index (χ0) is 8.97. The molecular weight excluding hydrogens is 208 g/mol. The van der Waals surface area contributed by atoms with Crippen molar-refractivity contribution in [1.29, 1.82) is 10.7 Å². The molecular formula is C7H7ClN4S. The van der Waals surface area contributed by atoms with Gasteiger partial charge in [0.2, 0.25) is 0 Å². The predicted octanol–water partition coefficient (Wildman–Crippen LogP) is 1.36. The number of nitrogens with zero attached hydrogens (tertiary/aromatic N) is 2. The summed E-state index contributed by atoms with van der Waals surface area (Å²) in [4.78, 5) is 4.58. The predicted molar refractivity (Wildman–Crippen MR) is 54.0 cm³/mol. The first-order chi connectivity index (χ1) is 5.72. The first-order valence-corrected chi connectivity index (χ1v) is 3.92. The zero-order valence-corrected chi connectivity index (χ0v) is 8.15. The second kappa shape index (κ2) is 5.41. The average molecular weight is 215 g/mol. The highest BCUT2D eigenvalue weighted by atomic mass is 35.5. The molecule has 4 nitrogen and oxygen atoms in total. The molecule has 0 aromatic carbocycles. The maximum absolute atomic E-state index is 8.42. The average Bonchev–Trinajstić information content (AvgIpc) is 2.05. The maximum Gasteiger partial charge on any atom is 0.156 e. The smallest absolute Gasteiger partial charge is 0.156 e. The topological polar surface area (TPSA) is 86.5 Å². The van der Waals surface area contributed by atoms with Crippen LogP contribution in [0.15, 0.2) is 23.2 Å². The lowest BCUT2D eigenvalue weighted by Crippen LogP contribution is -2.02. The molecule has 0 aliphatic rings. The van der Waals surface area contributed by atoms with Crippen LogP contribution < -0.4 is 5.73 Å². The number of pyridine rings is 1. The van der Waals surface area contributed by atoms with Gasteiger partial charge in [-0.2, -0.15) is 5.26 Å². The number of hydrogen-bond acceptors (Lipinski definition) is 4. The molecule has 13 heavy (non-hydrogen) atoms. The van der Waals surface area contributed by atoms with Crippen molar-refractivity contribution >= 4 is 29.3 Å². The quantitative estimate of drug-likeness (QED) is 0.420. The van der Waals surface area contributed by atoms with Gasteiger partial charge in [-0.15, -0.1) is 12.4 Å². The summed E-state index contributed by atoms with van der Waals surface area (Å²) in [7, 11) is 0. The van der Waals surface area contributed by atoms with Crippen molar-refractivity contribution in [2.24, 2.45) is 5.73 Å². The molecule has 0 saturated heterocycles. The van der Waals surface area contributed by atoms with E-state index in [0.717, 1.165) is 16.7 Å². The number of nitriles is 1. The summed E-state index contributed by atoms with van der Waals surface area (Å²) in [6.07, 6.45) is 1.52. The molecule has 3 N–H and O–H groups in total. The fourth-order valence-electron chi connectivity index (χ4n) is 0.634. The fourth-order valence-corrected chi connectivity index (χ4v) is 1.13. The Morgan fingerprint density at radius 2 is 2.31 bits per heavy atom. The van der Waals surface area contributed by atoms with E-state index in [0.29, 0.717) is 5.69 Å². The van der Waals surface area contributed by atoms with Crippen LogP contribution in [0.1, 0.15) is 5.69 Å². The van der Waals surface area contributed by atoms with Crippen LogP contribution in [0.4, 0.5) is 0 Å². The van der Waals surface area contributed by atoms with Gasteiger partial charge in [-0.05, 0) is 12.1 Å². The molecule has 6 heteroatoms. The fraction of sp³-hybridized carbons (Fsp3) is 0. The summed E-state index contributed by atoms with van der Waals surface area (Å²) in [6.45, 7) is 0. The molecule has 1 aromatic heterocycles. The SMILES string of the molecule is Cl.N#Cc1ccc(SC(=N)N)cn1. The van der Waals surface area contributed by atoms with Crippen LogP contribution in [0.25, 0.3) is 0 Å². The Labute approximate surface area is 86.1 Å². The summed E-state index contributed by atoms with van der Waals surface area (Å²) in [6, 6.07) is 5.20. The second-order valence-electron chi connectivity index (χ2n) is 1.96. The monoisotopic (exact) mass is 214 g/mol. The normalized spacial score (nSPS) is 8.23. The standard InChI is InChI=1S/C7H6N4S.ClH/c8-3-5-1-2-6(4-11-5)12-7(9)10;/h1-2,4H,(H3,9,10);1H. The summed E-state index contributed by atoms with van der Waals surface area (Å²) in [5, 5.41) is 15.4. The van der Waals surface area contributed by atoms with Crippen LogP contribution in [0.2, 0.25) is 0 Å². The Bertz CT molecular complexity index is 329. The minimum Gasteiger partial charge on any atom is -0.378 e. The van der Waals surface area contributed by atoms with Crippen molar-refractivity contribution in [3.05, 3.63) is 24.0 Å². The molecule has 68 valence electrons. The van der Waals surface area contributed by atoms with Crippen molar-refractivity contribution in [1.82, 2.24) is 4.98 Å². The minimum atomic E-state index is 0. The van der Waals surface area contributed by atoms with Crippen LogP contribution in [0, 0.1) is 16.7 Å². The van der Waals surface area contributed by atoms with Gasteiger partial charge in [-0.1, -0.05) is 11.8 Å². The molecule has 0 atom stereocenters. The third kappa shape index (κ3) is 3.78.